The fourth-order valence-corrected chi connectivity index (χ4v) is 4.47. The number of aliphatic imine (C=N–C) groups is 1. The third-order valence-corrected chi connectivity index (χ3v) is 5.68. The highest BCUT2D eigenvalue weighted by Gasteiger charge is 2.25. The molecule has 0 spiro atoms. The minimum atomic E-state index is -0.0848. The SMILES string of the molecule is Cc1ccc(/C=N\c2sc3c(c2C(=O)Nc2ccccc2)CCCC3)o1. The van der Waals surface area contributed by atoms with E-state index < -0.39 is 0 Å². The Labute approximate surface area is 156 Å². The summed E-state index contributed by atoms with van der Waals surface area (Å²) < 4.78 is 5.56. The Hall–Kier alpha value is -2.66. The first-order valence-electron chi connectivity index (χ1n) is 8.82. The minimum absolute atomic E-state index is 0.0848. The summed E-state index contributed by atoms with van der Waals surface area (Å²) in [6, 6.07) is 13.3. The molecule has 0 saturated carbocycles. The number of hydrogen-bond donors (Lipinski definition) is 1. The summed E-state index contributed by atoms with van der Waals surface area (Å²) in [7, 11) is 0. The lowest BCUT2D eigenvalue weighted by Gasteiger charge is -2.12. The number of aryl methyl sites for hydroxylation is 2. The molecule has 0 bridgehead atoms. The fourth-order valence-electron chi connectivity index (χ4n) is 3.24. The van der Waals surface area contributed by atoms with E-state index in [9.17, 15) is 4.79 Å². The zero-order valence-corrected chi connectivity index (χ0v) is 15.4. The second-order valence-corrected chi connectivity index (χ2v) is 7.50. The van der Waals surface area contributed by atoms with Crippen LogP contribution in [0.5, 0.6) is 0 Å². The van der Waals surface area contributed by atoms with Crippen LogP contribution in [0.25, 0.3) is 0 Å². The largest absolute Gasteiger partial charge is 0.460 e. The molecule has 1 aliphatic carbocycles. The molecule has 0 aliphatic heterocycles. The molecule has 0 unspecified atom stereocenters. The van der Waals surface area contributed by atoms with Crippen LogP contribution in [0.15, 0.2) is 51.9 Å². The lowest BCUT2D eigenvalue weighted by molar-refractivity contribution is 0.102. The lowest BCUT2D eigenvalue weighted by Crippen LogP contribution is -2.14. The number of para-hydroxylation sites is 1. The summed E-state index contributed by atoms with van der Waals surface area (Å²) in [4.78, 5) is 18.9. The number of furan rings is 1. The number of nitrogens with zero attached hydrogens (tertiary/aromatic N) is 1. The van der Waals surface area contributed by atoms with Gasteiger partial charge in [-0.3, -0.25) is 4.79 Å². The van der Waals surface area contributed by atoms with Crippen LogP contribution >= 0.6 is 11.3 Å². The second kappa shape index (κ2) is 7.30. The van der Waals surface area contributed by atoms with E-state index in [0.717, 1.165) is 41.3 Å². The standard InChI is InChI=1S/C21H20N2O2S/c1-14-11-12-16(25-14)13-22-21-19(17-9-5-6-10-18(17)26-21)20(24)23-15-7-3-2-4-8-15/h2-4,7-8,11-13H,5-6,9-10H2,1H3,(H,23,24)/b22-13-. The minimum Gasteiger partial charge on any atom is -0.460 e. The summed E-state index contributed by atoms with van der Waals surface area (Å²) in [6.45, 7) is 1.90. The lowest BCUT2D eigenvalue weighted by atomic mass is 9.95. The van der Waals surface area contributed by atoms with Crippen molar-refractivity contribution in [1.29, 1.82) is 0 Å². The van der Waals surface area contributed by atoms with Gasteiger partial charge in [0.15, 0.2) is 0 Å². The number of nitrogens with one attached hydrogen (secondary N) is 1. The van der Waals surface area contributed by atoms with E-state index in [1.807, 2.05) is 49.4 Å². The predicted molar refractivity (Wildman–Crippen MR) is 106 cm³/mol. The van der Waals surface area contributed by atoms with Gasteiger partial charge < -0.3 is 9.73 Å². The van der Waals surface area contributed by atoms with Gasteiger partial charge in [-0.25, -0.2) is 4.99 Å². The molecule has 2 heterocycles. The van der Waals surface area contributed by atoms with Crippen molar-refractivity contribution in [3.05, 3.63) is 70.0 Å². The van der Waals surface area contributed by atoms with Gasteiger partial charge in [0.25, 0.3) is 5.91 Å². The van der Waals surface area contributed by atoms with Gasteiger partial charge in [-0.1, -0.05) is 18.2 Å². The van der Waals surface area contributed by atoms with E-state index in [2.05, 4.69) is 10.3 Å². The highest BCUT2D eigenvalue weighted by Crippen LogP contribution is 2.40. The molecule has 0 saturated heterocycles. The van der Waals surface area contributed by atoms with Gasteiger partial charge in [-0.05, 0) is 62.4 Å². The summed E-state index contributed by atoms with van der Waals surface area (Å²) >= 11 is 1.63. The van der Waals surface area contributed by atoms with Gasteiger partial charge in [-0.2, -0.15) is 0 Å². The molecule has 0 atom stereocenters. The Morgan fingerprint density at radius 2 is 1.96 bits per heavy atom. The van der Waals surface area contributed by atoms with Crippen molar-refractivity contribution in [3.8, 4) is 0 Å². The smallest absolute Gasteiger partial charge is 0.259 e. The summed E-state index contributed by atoms with van der Waals surface area (Å²) in [6.07, 6.45) is 5.97. The van der Waals surface area contributed by atoms with Gasteiger partial charge >= 0.3 is 0 Å². The average molecular weight is 364 g/mol. The highest BCUT2D eigenvalue weighted by atomic mass is 32.1. The number of anilines is 1. The number of amides is 1. The van der Waals surface area contributed by atoms with Crippen molar-refractivity contribution in [2.75, 3.05) is 5.32 Å². The molecule has 1 amide bonds. The molecular weight excluding hydrogens is 344 g/mol. The zero-order valence-electron chi connectivity index (χ0n) is 14.6. The zero-order chi connectivity index (χ0) is 17.9. The van der Waals surface area contributed by atoms with Gasteiger partial charge in [-0.15, -0.1) is 11.3 Å². The van der Waals surface area contributed by atoms with E-state index >= 15 is 0 Å². The van der Waals surface area contributed by atoms with Crippen molar-refractivity contribution in [2.24, 2.45) is 4.99 Å². The molecule has 0 fully saturated rings. The molecule has 4 nitrogen and oxygen atoms in total. The molecule has 1 aliphatic rings. The number of fused-ring (bicyclic) bond motifs is 1. The highest BCUT2D eigenvalue weighted by molar-refractivity contribution is 7.16. The Morgan fingerprint density at radius 1 is 1.15 bits per heavy atom. The molecule has 1 aromatic carbocycles. The fraction of sp³-hybridized carbons (Fsp3) is 0.238. The predicted octanol–water partition coefficient (Wildman–Crippen LogP) is 5.53. The number of rotatable bonds is 4. The number of carbonyl (C=O) groups excluding carboxylic acids is 1. The molecule has 4 rings (SSSR count). The average Bonchev–Trinajstić information content (AvgIpc) is 3.23. The molecular formula is C21H20N2O2S. The first-order valence-corrected chi connectivity index (χ1v) is 9.64. The monoisotopic (exact) mass is 364 g/mol. The van der Waals surface area contributed by atoms with E-state index in [4.69, 9.17) is 4.42 Å². The van der Waals surface area contributed by atoms with Gasteiger partial charge in [0.2, 0.25) is 0 Å². The van der Waals surface area contributed by atoms with Crippen LogP contribution in [0.4, 0.5) is 10.7 Å². The topological polar surface area (TPSA) is 54.6 Å². The molecule has 1 N–H and O–H groups in total. The van der Waals surface area contributed by atoms with Gasteiger partial charge in [0.05, 0.1) is 11.8 Å². The Morgan fingerprint density at radius 3 is 2.73 bits per heavy atom. The Bertz CT molecular complexity index is 954. The van der Waals surface area contributed by atoms with Crippen LogP contribution in [-0.4, -0.2) is 12.1 Å². The van der Waals surface area contributed by atoms with Crippen LogP contribution in [-0.2, 0) is 12.8 Å². The van der Waals surface area contributed by atoms with Crippen LogP contribution in [0.3, 0.4) is 0 Å². The molecule has 5 heteroatoms. The Balaban J connectivity index is 1.68. The van der Waals surface area contributed by atoms with Crippen molar-refractivity contribution in [1.82, 2.24) is 0 Å². The number of carbonyl (C=O) groups is 1. The van der Waals surface area contributed by atoms with E-state index in [0.29, 0.717) is 11.3 Å². The maximum Gasteiger partial charge on any atom is 0.259 e. The van der Waals surface area contributed by atoms with Crippen molar-refractivity contribution < 1.29 is 9.21 Å². The van der Waals surface area contributed by atoms with Crippen LogP contribution < -0.4 is 5.32 Å². The third kappa shape index (κ3) is 3.48. The Kier molecular flexibility index (Phi) is 4.71. The maximum absolute atomic E-state index is 13.0. The molecule has 26 heavy (non-hydrogen) atoms. The molecule has 3 aromatic rings. The van der Waals surface area contributed by atoms with Crippen LogP contribution in [0, 0.1) is 6.92 Å². The number of benzene rings is 1. The first-order chi connectivity index (χ1) is 12.7. The first kappa shape index (κ1) is 16.8. The van der Waals surface area contributed by atoms with E-state index in [1.54, 1.807) is 17.6 Å². The quantitative estimate of drug-likeness (QED) is 0.619. The summed E-state index contributed by atoms with van der Waals surface area (Å²) in [5.74, 6) is 1.46. The second-order valence-electron chi connectivity index (χ2n) is 6.42. The number of hydrogen-bond acceptors (Lipinski definition) is 4. The van der Waals surface area contributed by atoms with Crippen LogP contribution in [0.1, 0.15) is 45.2 Å². The van der Waals surface area contributed by atoms with E-state index in [1.165, 1.54) is 11.3 Å². The van der Waals surface area contributed by atoms with Crippen molar-refractivity contribution in [3.63, 3.8) is 0 Å². The molecule has 2 aromatic heterocycles. The molecule has 132 valence electrons. The summed E-state index contributed by atoms with van der Waals surface area (Å²) in [5.41, 5.74) is 2.68. The van der Waals surface area contributed by atoms with Gasteiger partial charge in [0, 0.05) is 10.6 Å². The summed E-state index contributed by atoms with van der Waals surface area (Å²) in [5, 5.41) is 3.77. The molecule has 0 radical (unpaired) electrons. The van der Waals surface area contributed by atoms with Crippen molar-refractivity contribution >= 4 is 34.1 Å². The van der Waals surface area contributed by atoms with Gasteiger partial charge in [0.1, 0.15) is 16.5 Å². The number of thiophene rings is 1. The third-order valence-electron chi connectivity index (χ3n) is 4.48. The van der Waals surface area contributed by atoms with E-state index in [-0.39, 0.29) is 5.91 Å². The maximum atomic E-state index is 13.0. The normalized spacial score (nSPS) is 13.7. The van der Waals surface area contributed by atoms with Crippen molar-refractivity contribution in [2.45, 2.75) is 32.6 Å². The van der Waals surface area contributed by atoms with Crippen LogP contribution in [0.2, 0.25) is 0 Å².